The van der Waals surface area contributed by atoms with Crippen LogP contribution in [0.15, 0.2) is 24.3 Å². The van der Waals surface area contributed by atoms with Gasteiger partial charge in [0.2, 0.25) is 11.8 Å². The summed E-state index contributed by atoms with van der Waals surface area (Å²) in [6.45, 7) is 1.73. The maximum absolute atomic E-state index is 12.9. The molecule has 1 heterocycles. The van der Waals surface area contributed by atoms with E-state index in [0.717, 1.165) is 6.54 Å². The maximum atomic E-state index is 12.9. The minimum atomic E-state index is -0.641. The molecule has 1 N–H and O–H groups in total. The predicted octanol–water partition coefficient (Wildman–Crippen LogP) is 0.856. The highest BCUT2D eigenvalue weighted by molar-refractivity contribution is 6.09. The van der Waals surface area contributed by atoms with Crippen molar-refractivity contribution < 1.29 is 14.0 Å². The van der Waals surface area contributed by atoms with Crippen molar-refractivity contribution in [2.75, 3.05) is 38.6 Å². The van der Waals surface area contributed by atoms with Gasteiger partial charge in [0.25, 0.3) is 0 Å². The van der Waals surface area contributed by atoms with Crippen LogP contribution in [0.1, 0.15) is 6.42 Å². The van der Waals surface area contributed by atoms with Gasteiger partial charge in [0.1, 0.15) is 11.7 Å². The van der Waals surface area contributed by atoms with Crippen LogP contribution in [0.4, 0.5) is 10.1 Å². The zero-order chi connectivity index (χ0) is 15.4. The third-order valence-electron chi connectivity index (χ3n) is 3.52. The van der Waals surface area contributed by atoms with E-state index < -0.39 is 5.92 Å². The molecule has 5 nitrogen and oxygen atoms in total. The molecule has 2 rings (SSSR count). The van der Waals surface area contributed by atoms with E-state index in [1.165, 1.54) is 17.0 Å². The summed E-state index contributed by atoms with van der Waals surface area (Å²) in [4.78, 5) is 27.8. The average Bonchev–Trinajstić information content (AvgIpc) is 2.81. The van der Waals surface area contributed by atoms with Gasteiger partial charge in [-0.1, -0.05) is 0 Å². The molecule has 2 amide bonds. The average molecular weight is 293 g/mol. The van der Waals surface area contributed by atoms with Crippen molar-refractivity contribution in [3.05, 3.63) is 30.1 Å². The van der Waals surface area contributed by atoms with Gasteiger partial charge in [-0.15, -0.1) is 0 Å². The number of carbonyl (C=O) groups excluding carboxylic acids is 2. The molecule has 21 heavy (non-hydrogen) atoms. The molecule has 1 saturated heterocycles. The zero-order valence-corrected chi connectivity index (χ0v) is 12.3. The standard InChI is InChI=1S/C15H20FN3O2/c1-18(2)10-8-17-14(20)13-7-9-19(15(13)21)12-5-3-11(16)4-6-12/h3-6,13H,7-10H2,1-2H3,(H,17,20)/t13-/m0/s1. The number of amides is 2. The van der Waals surface area contributed by atoms with Gasteiger partial charge >= 0.3 is 0 Å². The van der Waals surface area contributed by atoms with E-state index in [2.05, 4.69) is 5.32 Å². The van der Waals surface area contributed by atoms with Gasteiger partial charge in [-0.05, 0) is 44.8 Å². The summed E-state index contributed by atoms with van der Waals surface area (Å²) >= 11 is 0. The molecule has 1 aromatic carbocycles. The van der Waals surface area contributed by atoms with Crippen LogP contribution in [0.3, 0.4) is 0 Å². The fourth-order valence-electron chi connectivity index (χ4n) is 2.33. The molecule has 114 valence electrons. The third kappa shape index (κ3) is 3.78. The Balaban J connectivity index is 1.94. The Morgan fingerprint density at radius 1 is 1.38 bits per heavy atom. The predicted molar refractivity (Wildman–Crippen MR) is 78.4 cm³/mol. The van der Waals surface area contributed by atoms with Crippen molar-refractivity contribution in [3.63, 3.8) is 0 Å². The molecule has 0 aromatic heterocycles. The summed E-state index contributed by atoms with van der Waals surface area (Å²) in [7, 11) is 3.84. The molecular weight excluding hydrogens is 273 g/mol. The molecule has 0 radical (unpaired) electrons. The summed E-state index contributed by atoms with van der Waals surface area (Å²) in [6, 6.07) is 5.74. The number of halogens is 1. The molecule has 0 saturated carbocycles. The number of hydrogen-bond acceptors (Lipinski definition) is 3. The van der Waals surface area contributed by atoms with Gasteiger partial charge in [0.15, 0.2) is 0 Å². The first kappa shape index (κ1) is 15.4. The van der Waals surface area contributed by atoms with Crippen LogP contribution in [-0.2, 0) is 9.59 Å². The van der Waals surface area contributed by atoms with Gasteiger partial charge in [0, 0.05) is 25.3 Å². The maximum Gasteiger partial charge on any atom is 0.239 e. The lowest BCUT2D eigenvalue weighted by molar-refractivity contribution is -0.132. The normalized spacial score (nSPS) is 18.4. The summed E-state index contributed by atoms with van der Waals surface area (Å²) in [5, 5.41) is 2.78. The lowest BCUT2D eigenvalue weighted by Crippen LogP contribution is -2.39. The zero-order valence-electron chi connectivity index (χ0n) is 12.3. The molecule has 0 aliphatic carbocycles. The summed E-state index contributed by atoms with van der Waals surface area (Å²) in [5.41, 5.74) is 0.630. The topological polar surface area (TPSA) is 52.7 Å². The summed E-state index contributed by atoms with van der Waals surface area (Å²) < 4.78 is 12.9. The number of rotatable bonds is 5. The van der Waals surface area contributed by atoms with Crippen LogP contribution in [0.5, 0.6) is 0 Å². The molecule has 1 aliphatic heterocycles. The highest BCUT2D eigenvalue weighted by Gasteiger charge is 2.37. The van der Waals surface area contributed by atoms with Crippen LogP contribution in [0, 0.1) is 11.7 Å². The van der Waals surface area contributed by atoms with Crippen molar-refractivity contribution in [3.8, 4) is 0 Å². The van der Waals surface area contributed by atoms with E-state index in [1.54, 1.807) is 12.1 Å². The number of carbonyl (C=O) groups is 2. The van der Waals surface area contributed by atoms with Gasteiger partial charge in [-0.3, -0.25) is 9.59 Å². The summed E-state index contributed by atoms with van der Waals surface area (Å²) in [6.07, 6.45) is 0.490. The van der Waals surface area contributed by atoms with Crippen molar-refractivity contribution in [1.82, 2.24) is 10.2 Å². The van der Waals surface area contributed by atoms with E-state index in [-0.39, 0.29) is 17.6 Å². The highest BCUT2D eigenvalue weighted by Crippen LogP contribution is 2.25. The monoisotopic (exact) mass is 293 g/mol. The Morgan fingerprint density at radius 2 is 2.05 bits per heavy atom. The van der Waals surface area contributed by atoms with Crippen LogP contribution in [-0.4, -0.2) is 50.4 Å². The molecule has 0 unspecified atom stereocenters. The van der Waals surface area contributed by atoms with E-state index in [4.69, 9.17) is 0 Å². The fourth-order valence-corrected chi connectivity index (χ4v) is 2.33. The lowest BCUT2D eigenvalue weighted by Gasteiger charge is -2.17. The minimum absolute atomic E-state index is 0.219. The van der Waals surface area contributed by atoms with Crippen molar-refractivity contribution >= 4 is 17.5 Å². The van der Waals surface area contributed by atoms with E-state index in [9.17, 15) is 14.0 Å². The number of hydrogen-bond donors (Lipinski definition) is 1. The number of likely N-dealkylation sites (N-methyl/N-ethyl adjacent to an activating group) is 1. The first-order valence-corrected chi connectivity index (χ1v) is 6.98. The second kappa shape index (κ2) is 6.67. The van der Waals surface area contributed by atoms with Gasteiger partial charge in [-0.25, -0.2) is 4.39 Å². The Morgan fingerprint density at radius 3 is 2.67 bits per heavy atom. The number of anilines is 1. The summed E-state index contributed by atoms with van der Waals surface area (Å²) in [5.74, 6) is -1.43. The van der Waals surface area contributed by atoms with Crippen LogP contribution in [0.2, 0.25) is 0 Å². The second-order valence-electron chi connectivity index (χ2n) is 5.40. The first-order valence-electron chi connectivity index (χ1n) is 6.98. The molecule has 6 heteroatoms. The molecule has 1 aliphatic rings. The quantitative estimate of drug-likeness (QED) is 0.819. The molecule has 1 fully saturated rings. The van der Waals surface area contributed by atoms with Crippen molar-refractivity contribution in [2.45, 2.75) is 6.42 Å². The van der Waals surface area contributed by atoms with Gasteiger partial charge in [0.05, 0.1) is 0 Å². The SMILES string of the molecule is CN(C)CCNC(=O)[C@@H]1CCN(c2ccc(F)cc2)C1=O. The first-order chi connectivity index (χ1) is 9.99. The number of benzene rings is 1. The molecule has 1 aromatic rings. The van der Waals surface area contributed by atoms with E-state index >= 15 is 0 Å². The lowest BCUT2D eigenvalue weighted by atomic mass is 10.1. The largest absolute Gasteiger partial charge is 0.354 e. The van der Waals surface area contributed by atoms with Crippen LogP contribution in [0.25, 0.3) is 0 Å². The molecule has 1 atom stereocenters. The van der Waals surface area contributed by atoms with Crippen LogP contribution < -0.4 is 10.2 Å². The fraction of sp³-hybridized carbons (Fsp3) is 0.467. The van der Waals surface area contributed by atoms with Crippen molar-refractivity contribution in [2.24, 2.45) is 5.92 Å². The Labute approximate surface area is 123 Å². The molecule has 0 bridgehead atoms. The molecular formula is C15H20FN3O2. The van der Waals surface area contributed by atoms with Crippen LogP contribution >= 0.6 is 0 Å². The van der Waals surface area contributed by atoms with E-state index in [0.29, 0.717) is 25.2 Å². The van der Waals surface area contributed by atoms with Gasteiger partial charge < -0.3 is 15.1 Å². The van der Waals surface area contributed by atoms with Gasteiger partial charge in [-0.2, -0.15) is 0 Å². The number of nitrogens with one attached hydrogen (secondary N) is 1. The molecule has 0 spiro atoms. The minimum Gasteiger partial charge on any atom is -0.354 e. The van der Waals surface area contributed by atoms with E-state index in [1.807, 2.05) is 19.0 Å². The highest BCUT2D eigenvalue weighted by atomic mass is 19.1. The number of nitrogens with zero attached hydrogens (tertiary/aromatic N) is 2. The Kier molecular flexibility index (Phi) is 4.90. The smallest absolute Gasteiger partial charge is 0.239 e. The van der Waals surface area contributed by atoms with Crippen molar-refractivity contribution in [1.29, 1.82) is 0 Å². The second-order valence-corrected chi connectivity index (χ2v) is 5.40. The Bertz CT molecular complexity index is 516. The third-order valence-corrected chi connectivity index (χ3v) is 3.52. The Hall–Kier alpha value is -1.95.